The molecule has 8 heteroatoms. The number of hydrogen-bond acceptors (Lipinski definition) is 6. The Morgan fingerprint density at radius 1 is 1.23 bits per heavy atom. The molecule has 7 nitrogen and oxygen atoms in total. The van der Waals surface area contributed by atoms with Gasteiger partial charge in [-0.1, -0.05) is 41.0 Å². The Morgan fingerprint density at radius 2 is 1.97 bits per heavy atom. The van der Waals surface area contributed by atoms with Crippen LogP contribution >= 0.6 is 11.3 Å². The zero-order valence-corrected chi connectivity index (χ0v) is 19.7. The quantitative estimate of drug-likeness (QED) is 0.393. The second-order valence-corrected chi connectivity index (χ2v) is 8.68. The molecule has 0 aliphatic carbocycles. The van der Waals surface area contributed by atoms with Crippen LogP contribution in [0.4, 0.5) is 0 Å². The van der Waals surface area contributed by atoms with Crippen molar-refractivity contribution in [2.75, 3.05) is 13.2 Å². The standard InChI is InChI=1S/C22H37N3O4S/c1-6-9-18(23-15-27)22(28)25(10-7-2)19(16(4)5)12-20(29-11-8-3)21-24-17(13-26)14-30-21/h13-16,18-20H,6-12H2,1-5H3,(H,23,27)/t18-,19?,20+/m0/s1. The van der Waals surface area contributed by atoms with Crippen molar-refractivity contribution in [2.45, 2.75) is 84.9 Å². The fraction of sp³-hybridized carbons (Fsp3) is 0.727. The topological polar surface area (TPSA) is 88.6 Å². The molecular formula is C22H37N3O4S. The largest absolute Gasteiger partial charge is 0.371 e. The number of rotatable bonds is 16. The molecule has 1 aromatic rings. The molecule has 1 aromatic heterocycles. The summed E-state index contributed by atoms with van der Waals surface area (Å²) in [5.74, 6) is 0.142. The van der Waals surface area contributed by atoms with Gasteiger partial charge in [-0.15, -0.1) is 11.3 Å². The van der Waals surface area contributed by atoms with Crippen LogP contribution in [-0.4, -0.2) is 53.7 Å². The van der Waals surface area contributed by atoms with E-state index < -0.39 is 6.04 Å². The molecule has 1 N–H and O–H groups in total. The van der Waals surface area contributed by atoms with E-state index in [1.165, 1.54) is 11.3 Å². The van der Waals surface area contributed by atoms with Crippen LogP contribution in [0, 0.1) is 5.92 Å². The lowest BCUT2D eigenvalue weighted by Gasteiger charge is -2.38. The van der Waals surface area contributed by atoms with E-state index in [4.69, 9.17) is 4.74 Å². The summed E-state index contributed by atoms with van der Waals surface area (Å²) in [7, 11) is 0. The lowest BCUT2D eigenvalue weighted by molar-refractivity contribution is -0.139. The molecule has 0 saturated heterocycles. The summed E-state index contributed by atoms with van der Waals surface area (Å²) in [6.07, 6.45) is 4.76. The van der Waals surface area contributed by atoms with Gasteiger partial charge in [-0.25, -0.2) is 4.98 Å². The van der Waals surface area contributed by atoms with Gasteiger partial charge in [0, 0.05) is 31.0 Å². The monoisotopic (exact) mass is 439 g/mol. The van der Waals surface area contributed by atoms with E-state index in [2.05, 4.69) is 24.1 Å². The molecule has 0 aliphatic heterocycles. The smallest absolute Gasteiger partial charge is 0.245 e. The molecule has 1 unspecified atom stereocenters. The van der Waals surface area contributed by atoms with E-state index in [1.807, 2.05) is 25.7 Å². The lowest BCUT2D eigenvalue weighted by Crippen LogP contribution is -2.52. The van der Waals surface area contributed by atoms with Crippen molar-refractivity contribution in [1.82, 2.24) is 15.2 Å². The number of hydrogen-bond donors (Lipinski definition) is 1. The molecule has 0 saturated carbocycles. The first-order chi connectivity index (χ1) is 14.4. The third-order valence-electron chi connectivity index (χ3n) is 4.98. The van der Waals surface area contributed by atoms with Crippen LogP contribution in [-0.2, 0) is 14.3 Å². The summed E-state index contributed by atoms with van der Waals surface area (Å²) < 4.78 is 6.10. The molecule has 0 spiro atoms. The van der Waals surface area contributed by atoms with Crippen LogP contribution in [0.15, 0.2) is 5.38 Å². The van der Waals surface area contributed by atoms with E-state index >= 15 is 0 Å². The highest BCUT2D eigenvalue weighted by Gasteiger charge is 2.33. The van der Waals surface area contributed by atoms with Crippen LogP contribution < -0.4 is 5.32 Å². The Labute approximate surface area is 184 Å². The summed E-state index contributed by atoms with van der Waals surface area (Å²) in [5.41, 5.74) is 0.404. The number of carbonyl (C=O) groups excluding carboxylic acids is 3. The van der Waals surface area contributed by atoms with Gasteiger partial charge in [-0.2, -0.15) is 0 Å². The molecule has 0 fully saturated rings. The molecule has 1 rings (SSSR count). The summed E-state index contributed by atoms with van der Waals surface area (Å²) in [6.45, 7) is 11.5. The molecule has 2 amide bonds. The Balaban J connectivity index is 3.18. The number of aldehydes is 1. The summed E-state index contributed by atoms with van der Waals surface area (Å²) in [4.78, 5) is 41.8. The van der Waals surface area contributed by atoms with Gasteiger partial charge in [0.25, 0.3) is 0 Å². The maximum Gasteiger partial charge on any atom is 0.245 e. The Morgan fingerprint density at radius 3 is 2.47 bits per heavy atom. The zero-order chi connectivity index (χ0) is 22.5. The number of carbonyl (C=O) groups is 3. The van der Waals surface area contributed by atoms with Gasteiger partial charge in [0.1, 0.15) is 22.8 Å². The highest BCUT2D eigenvalue weighted by atomic mass is 32.1. The number of thiazole rings is 1. The minimum Gasteiger partial charge on any atom is -0.371 e. The first-order valence-corrected chi connectivity index (χ1v) is 11.8. The van der Waals surface area contributed by atoms with Crippen LogP contribution in [0.25, 0.3) is 0 Å². The van der Waals surface area contributed by atoms with Crippen molar-refractivity contribution in [1.29, 1.82) is 0 Å². The Bertz CT molecular complexity index is 650. The number of nitrogens with one attached hydrogen (secondary N) is 1. The number of ether oxygens (including phenoxy) is 1. The molecule has 3 atom stereocenters. The second-order valence-electron chi connectivity index (χ2n) is 7.79. The number of nitrogens with zero attached hydrogens (tertiary/aromatic N) is 2. The van der Waals surface area contributed by atoms with Crippen molar-refractivity contribution < 1.29 is 19.1 Å². The third-order valence-corrected chi connectivity index (χ3v) is 5.93. The highest BCUT2D eigenvalue weighted by Crippen LogP contribution is 2.31. The highest BCUT2D eigenvalue weighted by molar-refractivity contribution is 7.09. The minimum atomic E-state index is -0.517. The molecule has 0 radical (unpaired) electrons. The van der Waals surface area contributed by atoms with Crippen LogP contribution in [0.1, 0.15) is 88.3 Å². The molecule has 1 heterocycles. The van der Waals surface area contributed by atoms with Gasteiger partial charge in [0.15, 0.2) is 6.29 Å². The first-order valence-electron chi connectivity index (χ1n) is 11.0. The summed E-state index contributed by atoms with van der Waals surface area (Å²) in [6, 6.07) is -0.590. The van der Waals surface area contributed by atoms with Crippen molar-refractivity contribution in [2.24, 2.45) is 5.92 Å². The average molecular weight is 440 g/mol. The van der Waals surface area contributed by atoms with Crippen molar-refractivity contribution in [3.8, 4) is 0 Å². The minimum absolute atomic E-state index is 0.0496. The lowest BCUT2D eigenvalue weighted by atomic mass is 9.94. The van der Waals surface area contributed by atoms with E-state index in [9.17, 15) is 14.4 Å². The van der Waals surface area contributed by atoms with Crippen LogP contribution in [0.2, 0.25) is 0 Å². The molecule has 0 aromatic carbocycles. The maximum atomic E-state index is 13.3. The van der Waals surface area contributed by atoms with Gasteiger partial charge in [-0.3, -0.25) is 14.4 Å². The van der Waals surface area contributed by atoms with Crippen LogP contribution in [0.3, 0.4) is 0 Å². The van der Waals surface area contributed by atoms with Gasteiger partial charge >= 0.3 is 0 Å². The van der Waals surface area contributed by atoms with Crippen molar-refractivity contribution in [3.05, 3.63) is 16.1 Å². The maximum absolute atomic E-state index is 13.3. The molecule has 0 bridgehead atoms. The molecular weight excluding hydrogens is 402 g/mol. The fourth-order valence-electron chi connectivity index (χ4n) is 3.51. The first kappa shape index (κ1) is 26.2. The third kappa shape index (κ3) is 7.80. The van der Waals surface area contributed by atoms with Crippen LogP contribution in [0.5, 0.6) is 0 Å². The van der Waals surface area contributed by atoms with Crippen molar-refractivity contribution >= 4 is 29.9 Å². The summed E-state index contributed by atoms with van der Waals surface area (Å²) in [5, 5.41) is 5.19. The normalized spacial score (nSPS) is 14.2. The Hall–Kier alpha value is -1.80. The SMILES string of the molecule is CCCO[C@H](CC(C(C)C)N(CCC)C(=O)[C@H](CCC)NC=O)c1nc(C=O)cs1. The molecule has 0 aliphatic rings. The summed E-state index contributed by atoms with van der Waals surface area (Å²) >= 11 is 1.41. The van der Waals surface area contributed by atoms with E-state index in [-0.39, 0.29) is 24.0 Å². The van der Waals surface area contributed by atoms with Gasteiger partial charge in [-0.05, 0) is 25.2 Å². The van der Waals surface area contributed by atoms with E-state index in [0.29, 0.717) is 38.1 Å². The van der Waals surface area contributed by atoms with E-state index in [0.717, 1.165) is 30.6 Å². The van der Waals surface area contributed by atoms with E-state index in [1.54, 1.807) is 5.38 Å². The van der Waals surface area contributed by atoms with Gasteiger partial charge in [0.2, 0.25) is 12.3 Å². The second kappa shape index (κ2) is 14.2. The van der Waals surface area contributed by atoms with Gasteiger partial charge in [0.05, 0.1) is 0 Å². The Kier molecular flexibility index (Phi) is 12.5. The predicted octanol–water partition coefficient (Wildman–Crippen LogP) is 3.99. The average Bonchev–Trinajstić information content (AvgIpc) is 3.21. The molecule has 30 heavy (non-hydrogen) atoms. The molecule has 170 valence electrons. The van der Waals surface area contributed by atoms with Gasteiger partial charge < -0.3 is 15.0 Å². The fourth-order valence-corrected chi connectivity index (χ4v) is 4.33. The number of aromatic nitrogens is 1. The van der Waals surface area contributed by atoms with Crippen molar-refractivity contribution in [3.63, 3.8) is 0 Å². The predicted molar refractivity (Wildman–Crippen MR) is 120 cm³/mol. The zero-order valence-electron chi connectivity index (χ0n) is 18.9. The number of amides is 2.